The standard InChI is InChI=1S/C24H23F5N2O4/c1-34-20-12-15(7-9-19(20)35-23(25)26)8-10-21(32)30-18(14-31-11-3-6-22(31)33)16-4-2-5-17(13-16)24(27,28)29/h2,4-5,7-10,12-13,18,23H,3,6,11,14H2,1H3,(H,30,32)/b10-8+. The van der Waals surface area contributed by atoms with E-state index >= 15 is 0 Å². The fourth-order valence-corrected chi connectivity index (χ4v) is 3.66. The minimum atomic E-state index is -4.56. The van der Waals surface area contributed by atoms with E-state index in [0.29, 0.717) is 24.9 Å². The minimum absolute atomic E-state index is 0.0210. The third kappa shape index (κ3) is 7.17. The third-order valence-electron chi connectivity index (χ3n) is 5.34. The van der Waals surface area contributed by atoms with Crippen LogP contribution in [0.4, 0.5) is 22.0 Å². The van der Waals surface area contributed by atoms with E-state index in [1.54, 1.807) is 0 Å². The molecule has 1 fully saturated rings. The third-order valence-corrected chi connectivity index (χ3v) is 5.34. The quantitative estimate of drug-likeness (QED) is 0.398. The van der Waals surface area contributed by atoms with Gasteiger partial charge >= 0.3 is 12.8 Å². The van der Waals surface area contributed by atoms with Crippen molar-refractivity contribution in [2.75, 3.05) is 20.2 Å². The Morgan fingerprint density at radius 1 is 1.17 bits per heavy atom. The smallest absolute Gasteiger partial charge is 0.416 e. The first-order valence-corrected chi connectivity index (χ1v) is 10.6. The first kappa shape index (κ1) is 26.0. The normalized spacial score (nSPS) is 15.1. The Labute approximate surface area is 198 Å². The molecule has 0 aromatic heterocycles. The molecule has 11 heteroatoms. The molecule has 3 rings (SSSR count). The Morgan fingerprint density at radius 3 is 2.57 bits per heavy atom. The lowest BCUT2D eigenvalue weighted by Gasteiger charge is -2.25. The minimum Gasteiger partial charge on any atom is -0.493 e. The zero-order valence-electron chi connectivity index (χ0n) is 18.6. The van der Waals surface area contributed by atoms with E-state index < -0.39 is 30.3 Å². The van der Waals surface area contributed by atoms with Gasteiger partial charge in [0, 0.05) is 25.6 Å². The Hall–Kier alpha value is -3.63. The van der Waals surface area contributed by atoms with Gasteiger partial charge in [-0.2, -0.15) is 22.0 Å². The number of ether oxygens (including phenoxy) is 2. The number of halogens is 5. The second-order valence-corrected chi connectivity index (χ2v) is 7.75. The zero-order valence-corrected chi connectivity index (χ0v) is 18.6. The van der Waals surface area contributed by atoms with E-state index in [2.05, 4.69) is 10.1 Å². The van der Waals surface area contributed by atoms with Crippen LogP contribution in [0.15, 0.2) is 48.5 Å². The van der Waals surface area contributed by atoms with Gasteiger partial charge in [0.15, 0.2) is 11.5 Å². The summed E-state index contributed by atoms with van der Waals surface area (Å²) >= 11 is 0. The van der Waals surface area contributed by atoms with Crippen molar-refractivity contribution in [3.63, 3.8) is 0 Å². The van der Waals surface area contributed by atoms with Crippen molar-refractivity contribution < 1.29 is 41.0 Å². The topological polar surface area (TPSA) is 67.9 Å². The van der Waals surface area contributed by atoms with Gasteiger partial charge in [-0.1, -0.05) is 18.2 Å². The maximum Gasteiger partial charge on any atom is 0.416 e. The Bertz CT molecular complexity index is 1090. The van der Waals surface area contributed by atoms with Crippen LogP contribution in [0, 0.1) is 0 Å². The number of carbonyl (C=O) groups is 2. The Morgan fingerprint density at radius 2 is 1.94 bits per heavy atom. The lowest BCUT2D eigenvalue weighted by atomic mass is 10.0. The van der Waals surface area contributed by atoms with E-state index in [-0.39, 0.29) is 29.5 Å². The number of likely N-dealkylation sites (tertiary alicyclic amines) is 1. The highest BCUT2D eigenvalue weighted by molar-refractivity contribution is 5.92. The fourth-order valence-electron chi connectivity index (χ4n) is 3.66. The molecule has 188 valence electrons. The van der Waals surface area contributed by atoms with Crippen molar-refractivity contribution in [1.29, 1.82) is 0 Å². The van der Waals surface area contributed by atoms with Crippen LogP contribution in [0.2, 0.25) is 0 Å². The Kier molecular flexibility index (Phi) is 8.31. The summed E-state index contributed by atoms with van der Waals surface area (Å²) < 4.78 is 73.9. The molecular formula is C24H23F5N2O4. The number of alkyl halides is 5. The molecule has 0 spiro atoms. The first-order valence-electron chi connectivity index (χ1n) is 10.6. The van der Waals surface area contributed by atoms with Crippen LogP contribution in [0.1, 0.15) is 35.6 Å². The highest BCUT2D eigenvalue weighted by Gasteiger charge is 2.32. The van der Waals surface area contributed by atoms with Gasteiger partial charge in [-0.15, -0.1) is 0 Å². The number of carbonyl (C=O) groups excluding carboxylic acids is 2. The number of hydrogen-bond donors (Lipinski definition) is 1. The summed E-state index contributed by atoms with van der Waals surface area (Å²) in [5, 5.41) is 2.65. The molecule has 1 aliphatic heterocycles. The van der Waals surface area contributed by atoms with E-state index in [1.807, 2.05) is 0 Å². The number of methoxy groups -OCH3 is 1. The van der Waals surface area contributed by atoms with Crippen LogP contribution >= 0.6 is 0 Å². The molecule has 1 saturated heterocycles. The highest BCUT2D eigenvalue weighted by Crippen LogP contribution is 2.32. The lowest BCUT2D eigenvalue weighted by Crippen LogP contribution is -2.38. The van der Waals surface area contributed by atoms with Crippen LogP contribution in [0.25, 0.3) is 6.08 Å². The molecule has 0 aliphatic carbocycles. The molecular weight excluding hydrogens is 475 g/mol. The number of nitrogens with zero attached hydrogens (tertiary/aromatic N) is 1. The van der Waals surface area contributed by atoms with Gasteiger partial charge < -0.3 is 19.7 Å². The van der Waals surface area contributed by atoms with E-state index in [1.165, 1.54) is 48.4 Å². The van der Waals surface area contributed by atoms with Crippen molar-refractivity contribution in [3.05, 3.63) is 65.2 Å². The maximum absolute atomic E-state index is 13.2. The number of hydrogen-bond acceptors (Lipinski definition) is 4. The van der Waals surface area contributed by atoms with Crippen molar-refractivity contribution in [2.45, 2.75) is 31.7 Å². The fraction of sp³-hybridized carbons (Fsp3) is 0.333. The van der Waals surface area contributed by atoms with Crippen LogP contribution < -0.4 is 14.8 Å². The number of nitrogens with one attached hydrogen (secondary N) is 1. The molecule has 6 nitrogen and oxygen atoms in total. The summed E-state index contributed by atoms with van der Waals surface area (Å²) in [6, 6.07) is 7.76. The van der Waals surface area contributed by atoms with Gasteiger partial charge in [0.25, 0.3) is 0 Å². The van der Waals surface area contributed by atoms with Crippen LogP contribution in [0.3, 0.4) is 0 Å². The van der Waals surface area contributed by atoms with Gasteiger partial charge in [-0.25, -0.2) is 0 Å². The van der Waals surface area contributed by atoms with E-state index in [9.17, 15) is 31.5 Å². The second kappa shape index (κ2) is 11.2. The van der Waals surface area contributed by atoms with Crippen LogP contribution in [0.5, 0.6) is 11.5 Å². The van der Waals surface area contributed by atoms with E-state index in [0.717, 1.165) is 18.2 Å². The molecule has 2 amide bonds. The lowest BCUT2D eigenvalue weighted by molar-refractivity contribution is -0.137. The predicted octanol–water partition coefficient (Wildman–Crippen LogP) is 4.81. The molecule has 1 heterocycles. The molecule has 0 bridgehead atoms. The maximum atomic E-state index is 13.2. The number of rotatable bonds is 9. The Balaban J connectivity index is 1.79. The van der Waals surface area contributed by atoms with E-state index in [4.69, 9.17) is 4.74 Å². The molecule has 1 atom stereocenters. The highest BCUT2D eigenvalue weighted by atomic mass is 19.4. The predicted molar refractivity (Wildman–Crippen MR) is 117 cm³/mol. The summed E-state index contributed by atoms with van der Waals surface area (Å²) in [4.78, 5) is 26.2. The van der Waals surface area contributed by atoms with Gasteiger partial charge in [0.2, 0.25) is 11.8 Å². The molecule has 1 unspecified atom stereocenters. The monoisotopic (exact) mass is 498 g/mol. The average Bonchev–Trinajstić information content (AvgIpc) is 3.21. The molecule has 0 saturated carbocycles. The molecule has 35 heavy (non-hydrogen) atoms. The molecule has 1 N–H and O–H groups in total. The summed E-state index contributed by atoms with van der Waals surface area (Å²) in [6.45, 7) is -2.56. The SMILES string of the molecule is COc1cc(/C=C/C(=O)NC(CN2CCCC2=O)c2cccc(C(F)(F)F)c2)ccc1OC(F)F. The molecule has 1 aliphatic rings. The second-order valence-electron chi connectivity index (χ2n) is 7.75. The average molecular weight is 498 g/mol. The zero-order chi connectivity index (χ0) is 25.6. The van der Waals surface area contributed by atoms with Gasteiger partial charge in [-0.05, 0) is 47.9 Å². The van der Waals surface area contributed by atoms with Gasteiger partial charge in [0.05, 0.1) is 18.7 Å². The molecule has 2 aromatic carbocycles. The van der Waals surface area contributed by atoms with Crippen molar-refractivity contribution in [2.24, 2.45) is 0 Å². The summed E-state index contributed by atoms with van der Waals surface area (Å²) in [5.41, 5.74) is -0.226. The largest absolute Gasteiger partial charge is 0.493 e. The summed E-state index contributed by atoms with van der Waals surface area (Å²) in [5.74, 6) is -0.901. The summed E-state index contributed by atoms with van der Waals surface area (Å²) in [7, 11) is 1.27. The number of amides is 2. The van der Waals surface area contributed by atoms with Crippen molar-refractivity contribution in [3.8, 4) is 11.5 Å². The van der Waals surface area contributed by atoms with Gasteiger partial charge in [0.1, 0.15) is 0 Å². The molecule has 0 radical (unpaired) electrons. The number of benzene rings is 2. The molecule has 2 aromatic rings. The first-order chi connectivity index (χ1) is 16.6. The van der Waals surface area contributed by atoms with Crippen LogP contribution in [-0.4, -0.2) is 43.5 Å². The summed E-state index contributed by atoms with van der Waals surface area (Å²) in [6.07, 6.45) is -1.05. The van der Waals surface area contributed by atoms with Crippen molar-refractivity contribution >= 4 is 17.9 Å². The van der Waals surface area contributed by atoms with Crippen molar-refractivity contribution in [1.82, 2.24) is 10.2 Å². The van der Waals surface area contributed by atoms with Gasteiger partial charge in [-0.3, -0.25) is 9.59 Å². The van der Waals surface area contributed by atoms with Crippen LogP contribution in [-0.2, 0) is 15.8 Å².